The van der Waals surface area contributed by atoms with Crippen molar-refractivity contribution >= 4 is 22.8 Å². The van der Waals surface area contributed by atoms with Gasteiger partial charge in [0.1, 0.15) is 0 Å². The molecular formula is C16H16N2O4. The number of likely N-dealkylation sites (N-methyl/N-ethyl adjacent to an activating group) is 1. The summed E-state index contributed by atoms with van der Waals surface area (Å²) >= 11 is 0. The molecule has 0 atom stereocenters. The number of rotatable bonds is 3. The van der Waals surface area contributed by atoms with Crippen LogP contribution in [0.2, 0.25) is 0 Å². The first-order valence-electron chi connectivity index (χ1n) is 6.95. The number of para-hydroxylation sites is 1. The molecule has 0 amide bonds. The summed E-state index contributed by atoms with van der Waals surface area (Å²) in [5.74, 6) is -0.935. The van der Waals surface area contributed by atoms with Crippen molar-refractivity contribution in [1.29, 1.82) is 0 Å². The maximum atomic E-state index is 11.8. The van der Waals surface area contributed by atoms with E-state index in [2.05, 4.69) is 0 Å². The Morgan fingerprint density at radius 2 is 1.82 bits per heavy atom. The summed E-state index contributed by atoms with van der Waals surface area (Å²) < 4.78 is 6.67. The number of carbonyl (C=O) groups is 2. The standard InChI is InChI=1S/C16H16N2O4/c1-17(2)10-9-12-11-5-3-4-6-13(11)18-16(12)21-14(19)7-8-15(20)22-18/h3-8H,9-10H2,1-2H3/b8-7+. The Hall–Kier alpha value is -2.60. The van der Waals surface area contributed by atoms with Crippen molar-refractivity contribution in [2.24, 2.45) is 0 Å². The summed E-state index contributed by atoms with van der Waals surface area (Å²) in [5.41, 5.74) is 1.54. The molecule has 2 aromatic rings. The molecular weight excluding hydrogens is 284 g/mol. The number of nitrogens with zero attached hydrogens (tertiary/aromatic N) is 2. The van der Waals surface area contributed by atoms with Crippen LogP contribution in [0.15, 0.2) is 36.4 Å². The zero-order valence-corrected chi connectivity index (χ0v) is 12.4. The summed E-state index contributed by atoms with van der Waals surface area (Å²) in [4.78, 5) is 30.8. The Bertz CT molecular complexity index is 774. The minimum absolute atomic E-state index is 0.269. The van der Waals surface area contributed by atoms with Gasteiger partial charge in [-0.3, -0.25) is 0 Å². The fraction of sp³-hybridized carbons (Fsp3) is 0.250. The molecule has 22 heavy (non-hydrogen) atoms. The highest BCUT2D eigenvalue weighted by atomic mass is 16.7. The molecule has 6 nitrogen and oxygen atoms in total. The van der Waals surface area contributed by atoms with Crippen LogP contribution in [0.5, 0.6) is 5.88 Å². The summed E-state index contributed by atoms with van der Waals surface area (Å²) in [7, 11) is 3.94. The van der Waals surface area contributed by atoms with Gasteiger partial charge in [-0.15, -0.1) is 4.73 Å². The van der Waals surface area contributed by atoms with E-state index in [0.29, 0.717) is 11.9 Å². The molecule has 2 heterocycles. The van der Waals surface area contributed by atoms with E-state index in [9.17, 15) is 9.59 Å². The number of fused-ring (bicyclic) bond motifs is 3. The van der Waals surface area contributed by atoms with Crippen LogP contribution in [0, 0.1) is 0 Å². The summed E-state index contributed by atoms with van der Waals surface area (Å²) in [5, 5.41) is 0.904. The van der Waals surface area contributed by atoms with Gasteiger partial charge in [-0.2, -0.15) is 0 Å². The quantitative estimate of drug-likeness (QED) is 0.797. The first-order valence-corrected chi connectivity index (χ1v) is 6.95. The van der Waals surface area contributed by atoms with Crippen LogP contribution < -0.4 is 9.57 Å². The Morgan fingerprint density at radius 1 is 1.09 bits per heavy atom. The number of benzene rings is 1. The largest absolute Gasteiger partial charge is 0.403 e. The lowest BCUT2D eigenvalue weighted by Gasteiger charge is -2.13. The average molecular weight is 300 g/mol. The monoisotopic (exact) mass is 300 g/mol. The molecule has 0 bridgehead atoms. The Balaban J connectivity index is 2.17. The summed E-state index contributed by atoms with van der Waals surface area (Å²) in [6.07, 6.45) is 2.79. The normalized spacial score (nSPS) is 16.0. The van der Waals surface area contributed by atoms with Crippen molar-refractivity contribution in [2.75, 3.05) is 20.6 Å². The van der Waals surface area contributed by atoms with E-state index >= 15 is 0 Å². The van der Waals surface area contributed by atoms with Crippen molar-refractivity contribution < 1.29 is 19.2 Å². The SMILES string of the molecule is CN(C)CCc1c2n(c3ccccc13)OC(=O)/C=C/C(=O)O2. The second-order valence-corrected chi connectivity index (χ2v) is 5.31. The molecule has 1 aliphatic rings. The number of ether oxygens (including phenoxy) is 1. The minimum atomic E-state index is -0.613. The van der Waals surface area contributed by atoms with Gasteiger partial charge in [-0.1, -0.05) is 18.2 Å². The van der Waals surface area contributed by atoms with Gasteiger partial charge >= 0.3 is 11.9 Å². The Kier molecular flexibility index (Phi) is 3.68. The lowest BCUT2D eigenvalue weighted by molar-refractivity contribution is -0.142. The van der Waals surface area contributed by atoms with Crippen molar-refractivity contribution in [3.8, 4) is 5.88 Å². The fourth-order valence-electron chi connectivity index (χ4n) is 2.41. The van der Waals surface area contributed by atoms with Crippen molar-refractivity contribution in [2.45, 2.75) is 6.42 Å². The fourth-order valence-corrected chi connectivity index (χ4v) is 2.41. The van der Waals surface area contributed by atoms with Gasteiger partial charge in [0.15, 0.2) is 0 Å². The maximum absolute atomic E-state index is 11.8. The van der Waals surface area contributed by atoms with Gasteiger partial charge in [0, 0.05) is 29.6 Å². The van der Waals surface area contributed by atoms with Crippen LogP contribution in [0.25, 0.3) is 10.9 Å². The lowest BCUT2D eigenvalue weighted by atomic mass is 10.1. The van der Waals surface area contributed by atoms with Gasteiger partial charge in [0.25, 0.3) is 0 Å². The number of hydrogen-bond donors (Lipinski definition) is 0. The van der Waals surface area contributed by atoms with Crippen LogP contribution in [0.3, 0.4) is 0 Å². The number of aromatic nitrogens is 1. The van der Waals surface area contributed by atoms with Gasteiger partial charge < -0.3 is 14.5 Å². The topological polar surface area (TPSA) is 60.8 Å². The molecule has 0 aliphatic carbocycles. The second-order valence-electron chi connectivity index (χ2n) is 5.31. The molecule has 6 heteroatoms. The van der Waals surface area contributed by atoms with Crippen LogP contribution in [0.4, 0.5) is 0 Å². The zero-order chi connectivity index (χ0) is 15.7. The van der Waals surface area contributed by atoms with Crippen molar-refractivity contribution in [1.82, 2.24) is 9.63 Å². The van der Waals surface area contributed by atoms with Gasteiger partial charge in [0.2, 0.25) is 5.88 Å². The molecule has 0 saturated heterocycles. The van der Waals surface area contributed by atoms with E-state index in [-0.39, 0.29) is 5.88 Å². The van der Waals surface area contributed by atoms with E-state index in [1.165, 1.54) is 4.73 Å². The van der Waals surface area contributed by atoms with E-state index < -0.39 is 11.9 Å². The highest BCUT2D eigenvalue weighted by molar-refractivity contribution is 5.96. The molecule has 1 aromatic heterocycles. The predicted molar refractivity (Wildman–Crippen MR) is 80.6 cm³/mol. The van der Waals surface area contributed by atoms with Gasteiger partial charge in [0.05, 0.1) is 5.52 Å². The third-order valence-electron chi connectivity index (χ3n) is 3.43. The molecule has 0 fully saturated rings. The number of esters is 1. The van der Waals surface area contributed by atoms with Gasteiger partial charge in [-0.05, 0) is 26.6 Å². The molecule has 0 spiro atoms. The minimum Gasteiger partial charge on any atom is -0.403 e. The first-order chi connectivity index (χ1) is 10.6. The first kappa shape index (κ1) is 14.3. The van der Waals surface area contributed by atoms with Gasteiger partial charge in [-0.25, -0.2) is 9.59 Å². The van der Waals surface area contributed by atoms with Crippen LogP contribution in [-0.2, 0) is 16.0 Å². The van der Waals surface area contributed by atoms with E-state index in [4.69, 9.17) is 9.57 Å². The van der Waals surface area contributed by atoms with Crippen LogP contribution >= 0.6 is 0 Å². The molecule has 0 unspecified atom stereocenters. The number of hydrogen-bond acceptors (Lipinski definition) is 5. The Labute approximate surface area is 127 Å². The highest BCUT2D eigenvalue weighted by Gasteiger charge is 2.24. The third-order valence-corrected chi connectivity index (χ3v) is 3.43. The van der Waals surface area contributed by atoms with Crippen LogP contribution in [0.1, 0.15) is 5.56 Å². The molecule has 3 rings (SSSR count). The maximum Gasteiger partial charge on any atom is 0.356 e. The molecule has 0 radical (unpaired) electrons. The summed E-state index contributed by atoms with van der Waals surface area (Å²) in [6.45, 7) is 0.780. The van der Waals surface area contributed by atoms with E-state index in [1.54, 1.807) is 0 Å². The number of carbonyl (C=O) groups excluding carboxylic acids is 2. The summed E-state index contributed by atoms with van der Waals surface area (Å²) in [6, 6.07) is 7.49. The van der Waals surface area contributed by atoms with Crippen LogP contribution in [-0.4, -0.2) is 42.2 Å². The van der Waals surface area contributed by atoms with E-state index in [1.807, 2.05) is 43.3 Å². The predicted octanol–water partition coefficient (Wildman–Crippen LogP) is 1.18. The van der Waals surface area contributed by atoms with Crippen molar-refractivity contribution in [3.05, 3.63) is 42.0 Å². The molecule has 0 N–H and O–H groups in total. The Morgan fingerprint density at radius 3 is 2.59 bits per heavy atom. The average Bonchev–Trinajstić information content (AvgIpc) is 2.75. The zero-order valence-electron chi connectivity index (χ0n) is 12.4. The van der Waals surface area contributed by atoms with Crippen molar-refractivity contribution in [3.63, 3.8) is 0 Å². The molecule has 1 aromatic carbocycles. The lowest BCUT2D eigenvalue weighted by Crippen LogP contribution is -2.23. The second kappa shape index (κ2) is 5.65. The van der Waals surface area contributed by atoms with E-state index in [0.717, 1.165) is 29.6 Å². The molecule has 114 valence electrons. The smallest absolute Gasteiger partial charge is 0.356 e. The third kappa shape index (κ3) is 2.60. The molecule has 1 aliphatic heterocycles. The molecule has 0 saturated carbocycles. The highest BCUT2D eigenvalue weighted by Crippen LogP contribution is 2.32.